The third-order valence-electron chi connectivity index (χ3n) is 14.8. The molecule has 3 heterocycles. The number of benzene rings is 9. The number of hydrogen-bond donors (Lipinski definition) is 0. The second-order valence-electron chi connectivity index (χ2n) is 18.4. The van der Waals surface area contributed by atoms with Gasteiger partial charge in [-0.15, -0.1) is 0 Å². The summed E-state index contributed by atoms with van der Waals surface area (Å²) in [5, 5.41) is 11.8. The molecule has 0 unspecified atom stereocenters. The molecule has 0 aliphatic heterocycles. The number of rotatable bonds is 11. The zero-order chi connectivity index (χ0) is 46.8. The fourth-order valence-electron chi connectivity index (χ4n) is 11.8. The molecule has 3 aromatic heterocycles. The molecular weight excluding hydrogens is 863 g/mol. The van der Waals surface area contributed by atoms with E-state index in [1.807, 2.05) is 12.2 Å². The number of aromatic nitrogens is 2. The van der Waals surface area contributed by atoms with E-state index >= 15 is 0 Å². The van der Waals surface area contributed by atoms with Crippen molar-refractivity contribution in [3.63, 3.8) is 0 Å². The van der Waals surface area contributed by atoms with Crippen LogP contribution in [-0.2, 0) is 0 Å². The minimum Gasteiger partial charge on any atom is -0.310 e. The lowest BCUT2D eigenvalue weighted by Gasteiger charge is -2.37. The van der Waals surface area contributed by atoms with Crippen molar-refractivity contribution >= 4 is 102 Å². The first kappa shape index (κ1) is 41.5. The molecule has 3 nitrogen and oxygen atoms in total. The van der Waals surface area contributed by atoms with Crippen molar-refractivity contribution < 1.29 is 0 Å². The van der Waals surface area contributed by atoms with E-state index in [0.717, 1.165) is 57.8 Å². The van der Waals surface area contributed by atoms with E-state index in [9.17, 15) is 0 Å². The van der Waals surface area contributed by atoms with Gasteiger partial charge in [-0.05, 0) is 112 Å². The van der Waals surface area contributed by atoms with Crippen molar-refractivity contribution in [2.45, 2.75) is 12.8 Å². The van der Waals surface area contributed by atoms with Crippen LogP contribution >= 0.6 is 0 Å². The van der Waals surface area contributed by atoms with Crippen LogP contribution in [-0.4, -0.2) is 17.0 Å². The fourth-order valence-corrected chi connectivity index (χ4v) is 16.8. The number of fused-ring (bicyclic) bond motifs is 6. The molecule has 70 heavy (non-hydrogen) atoms. The van der Waals surface area contributed by atoms with Gasteiger partial charge in [0.1, 0.15) is 0 Å². The predicted molar refractivity (Wildman–Crippen MR) is 302 cm³/mol. The van der Waals surface area contributed by atoms with Gasteiger partial charge >= 0.3 is 0 Å². The van der Waals surface area contributed by atoms with Crippen LogP contribution < -0.4 is 20.5 Å². The van der Waals surface area contributed by atoms with Crippen molar-refractivity contribution in [3.05, 3.63) is 266 Å². The summed E-state index contributed by atoms with van der Waals surface area (Å²) in [5.41, 5.74) is 13.7. The van der Waals surface area contributed by atoms with Crippen LogP contribution in [0.4, 0.5) is 17.1 Å². The summed E-state index contributed by atoms with van der Waals surface area (Å²) < 4.78 is 4.74. The highest BCUT2D eigenvalue weighted by Crippen LogP contribution is 2.45. The molecule has 0 N–H and O–H groups in total. The van der Waals surface area contributed by atoms with E-state index in [1.165, 1.54) is 69.9 Å². The highest BCUT2D eigenvalue weighted by atomic mass is 28.3. The van der Waals surface area contributed by atoms with Gasteiger partial charge in [0.25, 0.3) is 0 Å². The van der Waals surface area contributed by atoms with E-state index in [2.05, 4.69) is 264 Å². The highest BCUT2D eigenvalue weighted by molar-refractivity contribution is 7.16. The van der Waals surface area contributed by atoms with Gasteiger partial charge in [0.2, 0.25) is 0 Å². The van der Waals surface area contributed by atoms with Gasteiger partial charge in [-0.2, -0.15) is 0 Å². The maximum atomic E-state index is 4.33. The summed E-state index contributed by atoms with van der Waals surface area (Å²) in [6.07, 6.45) is 13.0. The number of hydrogen-bond acceptors (Lipinski definition) is 1. The lowest BCUT2D eigenvalue weighted by molar-refractivity contribution is 1.01. The standard InChI is InChI=1S/C66H49N3Si/c1-3-56-60-44-51(45-61-59-28-16-19-31-65(59)69(66(60)61)62(56)4-2)67(49-40-42-55(43-41-49)70(52-20-8-5-9-21-52,53-22-10-6-11-23-53)54-24-12-7-13-25-54)48-36-32-46(33-37-48)47-34-38-50(39-35-47)68-63-29-17-14-26-57(63)58-27-15-18-30-64(58)68/h3-12,14-24,26-45H,1-2,13,25H2. The Morgan fingerprint density at radius 2 is 0.957 bits per heavy atom. The Morgan fingerprint density at radius 3 is 1.51 bits per heavy atom. The molecule has 0 fully saturated rings. The Kier molecular flexibility index (Phi) is 9.96. The molecule has 9 aromatic carbocycles. The maximum absolute atomic E-state index is 4.33. The molecule has 0 saturated carbocycles. The Hall–Kier alpha value is -8.70. The van der Waals surface area contributed by atoms with Crippen LogP contribution in [0.5, 0.6) is 0 Å². The van der Waals surface area contributed by atoms with Crippen LogP contribution in [0.15, 0.2) is 255 Å². The molecule has 332 valence electrons. The van der Waals surface area contributed by atoms with Gasteiger partial charge in [0, 0.05) is 55.2 Å². The molecule has 0 spiro atoms. The molecule has 13 rings (SSSR count). The second-order valence-corrected chi connectivity index (χ2v) is 22.3. The van der Waals surface area contributed by atoms with Crippen molar-refractivity contribution in [1.82, 2.24) is 8.97 Å². The zero-order valence-corrected chi connectivity index (χ0v) is 39.8. The minimum absolute atomic E-state index is 1.04. The SMILES string of the molecule is C=Cc1c(C=C)n2c3ccccc3c3cc(N(c4ccc(-c5ccc(-n6c7ccccc7c7ccccc76)cc5)cc4)c4ccc([Si](C5=CC=CCC5)(c5ccccc5)c5ccccc5)cc4)cc1c32. The topological polar surface area (TPSA) is 12.6 Å². The van der Waals surface area contributed by atoms with Crippen LogP contribution in [0, 0.1) is 0 Å². The molecule has 0 radical (unpaired) electrons. The van der Waals surface area contributed by atoms with E-state index in [-0.39, 0.29) is 0 Å². The molecule has 12 aromatic rings. The number of para-hydroxylation sites is 3. The lowest BCUT2D eigenvalue weighted by Crippen LogP contribution is -2.68. The molecule has 1 aliphatic carbocycles. The van der Waals surface area contributed by atoms with Crippen molar-refractivity contribution in [2.75, 3.05) is 4.90 Å². The summed E-state index contributed by atoms with van der Waals surface area (Å²) in [6.45, 7) is 8.62. The smallest absolute Gasteiger partial charge is 0.175 e. The normalized spacial score (nSPS) is 12.9. The third-order valence-corrected chi connectivity index (χ3v) is 19.8. The van der Waals surface area contributed by atoms with E-state index in [1.54, 1.807) is 0 Å². The molecular formula is C66H49N3Si. The van der Waals surface area contributed by atoms with E-state index in [0.29, 0.717) is 0 Å². The first-order valence-corrected chi connectivity index (χ1v) is 26.3. The molecule has 4 heteroatoms. The molecule has 0 bridgehead atoms. The highest BCUT2D eigenvalue weighted by Gasteiger charge is 2.43. The third kappa shape index (κ3) is 6.34. The van der Waals surface area contributed by atoms with Crippen molar-refractivity contribution in [1.29, 1.82) is 0 Å². The average molecular weight is 912 g/mol. The fraction of sp³-hybridized carbons (Fsp3) is 0.0303. The van der Waals surface area contributed by atoms with Gasteiger partial charge < -0.3 is 13.9 Å². The largest absolute Gasteiger partial charge is 0.310 e. The minimum atomic E-state index is -2.66. The van der Waals surface area contributed by atoms with Crippen molar-refractivity contribution in [2.24, 2.45) is 0 Å². The maximum Gasteiger partial charge on any atom is 0.175 e. The Bertz CT molecular complexity index is 3910. The quantitative estimate of drug-likeness (QED) is 0.0930. The molecule has 1 aliphatic rings. The summed E-state index contributed by atoms with van der Waals surface area (Å²) in [6, 6.07) is 81.0. The van der Waals surface area contributed by atoms with Crippen LogP contribution in [0.25, 0.3) is 78.0 Å². The second kappa shape index (κ2) is 16.8. The van der Waals surface area contributed by atoms with E-state index < -0.39 is 8.07 Å². The predicted octanol–water partition coefficient (Wildman–Crippen LogP) is 15.5. The Labute approximate surface area is 409 Å². The van der Waals surface area contributed by atoms with Gasteiger partial charge in [-0.25, -0.2) is 0 Å². The summed E-state index contributed by atoms with van der Waals surface area (Å²) in [5.74, 6) is 0. The molecule has 0 saturated heterocycles. The van der Waals surface area contributed by atoms with Gasteiger partial charge in [-0.1, -0.05) is 194 Å². The number of allylic oxidation sites excluding steroid dienone is 4. The number of nitrogens with zero attached hydrogens (tertiary/aromatic N) is 3. The van der Waals surface area contributed by atoms with Crippen LogP contribution in [0.1, 0.15) is 24.1 Å². The summed E-state index contributed by atoms with van der Waals surface area (Å²) in [7, 11) is -2.66. The zero-order valence-electron chi connectivity index (χ0n) is 38.8. The van der Waals surface area contributed by atoms with Crippen LogP contribution in [0.2, 0.25) is 0 Å². The summed E-state index contributed by atoms with van der Waals surface area (Å²) in [4.78, 5) is 2.43. The summed E-state index contributed by atoms with van der Waals surface area (Å²) >= 11 is 0. The van der Waals surface area contributed by atoms with Crippen molar-refractivity contribution in [3.8, 4) is 16.8 Å². The Balaban J connectivity index is 0.968. The molecule has 0 amide bonds. The van der Waals surface area contributed by atoms with Gasteiger partial charge in [0.15, 0.2) is 8.07 Å². The number of anilines is 3. The molecule has 0 atom stereocenters. The monoisotopic (exact) mass is 911 g/mol. The average Bonchev–Trinajstić information content (AvgIpc) is 4.07. The Morgan fingerprint density at radius 1 is 0.457 bits per heavy atom. The first-order valence-electron chi connectivity index (χ1n) is 24.3. The van der Waals surface area contributed by atoms with Gasteiger partial charge in [-0.3, -0.25) is 0 Å². The van der Waals surface area contributed by atoms with Gasteiger partial charge in [0.05, 0.1) is 27.8 Å². The van der Waals surface area contributed by atoms with E-state index in [4.69, 9.17) is 0 Å². The van der Waals surface area contributed by atoms with Crippen LogP contribution in [0.3, 0.4) is 0 Å². The first-order chi connectivity index (χ1) is 34.6. The lowest BCUT2D eigenvalue weighted by atomic mass is 10.0.